The quantitative estimate of drug-likeness (QED) is 0.380. The van der Waals surface area contributed by atoms with Gasteiger partial charge >= 0.3 is 0 Å². The van der Waals surface area contributed by atoms with Crippen molar-refractivity contribution in [1.29, 1.82) is 0 Å². The topological polar surface area (TPSA) is 36.4 Å². The fourth-order valence-corrected chi connectivity index (χ4v) is 4.21. The average Bonchev–Trinajstić information content (AvgIpc) is 2.70. The first-order chi connectivity index (χ1) is 13.6. The minimum Gasteiger partial charge on any atom is -0.387 e. The van der Waals surface area contributed by atoms with Crippen molar-refractivity contribution in [1.82, 2.24) is 9.88 Å². The van der Waals surface area contributed by atoms with E-state index in [1.165, 1.54) is 0 Å². The van der Waals surface area contributed by atoms with Crippen LogP contribution in [-0.2, 0) is 0 Å². The summed E-state index contributed by atoms with van der Waals surface area (Å²) in [6.07, 6.45) is 5.96. The number of unbranched alkanes of at least 4 members (excludes halogenated alkanes) is 2. The van der Waals surface area contributed by atoms with Crippen LogP contribution in [0.3, 0.4) is 0 Å². The molecule has 0 bridgehead atoms. The molecule has 0 saturated heterocycles. The Kier molecular flexibility index (Phi) is 9.16. The van der Waals surface area contributed by atoms with Crippen LogP contribution in [0.1, 0.15) is 56.8 Å². The smallest absolute Gasteiger partial charge is 0.0926 e. The first-order valence-electron chi connectivity index (χ1n) is 10.4. The molecule has 0 spiro atoms. The number of nitrogens with zero attached hydrogens (tertiary/aromatic N) is 2. The van der Waals surface area contributed by atoms with E-state index in [1.54, 1.807) is 0 Å². The van der Waals surface area contributed by atoms with Crippen LogP contribution in [0.15, 0.2) is 36.5 Å². The van der Waals surface area contributed by atoms with E-state index in [0.29, 0.717) is 11.6 Å². The van der Waals surface area contributed by atoms with Gasteiger partial charge in [0.05, 0.1) is 11.6 Å². The number of rotatable bonds is 9. The number of fused-ring (bicyclic) bond motifs is 3. The molecule has 0 fully saturated rings. The van der Waals surface area contributed by atoms with Gasteiger partial charge in [-0.2, -0.15) is 0 Å². The second-order valence-corrected chi connectivity index (χ2v) is 8.09. The second kappa shape index (κ2) is 11.1. The van der Waals surface area contributed by atoms with E-state index in [4.69, 9.17) is 11.6 Å². The number of hydrogen-bond donors (Lipinski definition) is 1. The summed E-state index contributed by atoms with van der Waals surface area (Å²) in [6.45, 7) is 9.14. The zero-order valence-electron chi connectivity index (χ0n) is 17.6. The van der Waals surface area contributed by atoms with Gasteiger partial charge in [0.15, 0.2) is 0 Å². The van der Waals surface area contributed by atoms with Gasteiger partial charge in [-0.15, -0.1) is 12.4 Å². The number of hydrogen-bond acceptors (Lipinski definition) is 3. The van der Waals surface area contributed by atoms with Gasteiger partial charge in [0.25, 0.3) is 0 Å². The first-order valence-corrected chi connectivity index (χ1v) is 10.8. The molecule has 3 nitrogen and oxygen atoms in total. The predicted molar refractivity (Wildman–Crippen MR) is 127 cm³/mol. The number of aliphatic hydroxyl groups is 1. The van der Waals surface area contributed by atoms with Crippen LogP contribution in [0.25, 0.3) is 21.7 Å². The largest absolute Gasteiger partial charge is 0.387 e. The third-order valence-electron chi connectivity index (χ3n) is 5.49. The van der Waals surface area contributed by atoms with Gasteiger partial charge in [-0.25, -0.2) is 0 Å². The van der Waals surface area contributed by atoms with Crippen molar-refractivity contribution < 1.29 is 5.11 Å². The van der Waals surface area contributed by atoms with Crippen LogP contribution >= 0.6 is 24.0 Å². The molecule has 0 aliphatic rings. The standard InChI is InChI=1S/C24H31ClN2O.ClH/c1-4-6-12-27(13-7-5-2)16-22(28)23-17(3)15-26-24-19-11-9-8-10-18(19)21(25)14-20(23)24;/h8-11,14-15,22,28H,4-7,12-13,16H2,1-3H3;1H. The highest BCUT2D eigenvalue weighted by molar-refractivity contribution is 6.37. The van der Waals surface area contributed by atoms with Crippen molar-refractivity contribution in [2.75, 3.05) is 19.6 Å². The highest BCUT2D eigenvalue weighted by atomic mass is 35.5. The van der Waals surface area contributed by atoms with Crippen LogP contribution in [-0.4, -0.2) is 34.6 Å². The van der Waals surface area contributed by atoms with Gasteiger partial charge < -0.3 is 10.0 Å². The molecule has 3 rings (SSSR count). The highest BCUT2D eigenvalue weighted by Crippen LogP contribution is 2.35. The Morgan fingerprint density at radius 1 is 1.03 bits per heavy atom. The maximum Gasteiger partial charge on any atom is 0.0926 e. The molecule has 1 atom stereocenters. The molecule has 29 heavy (non-hydrogen) atoms. The minimum absolute atomic E-state index is 0. The maximum absolute atomic E-state index is 11.2. The fraction of sp³-hybridized carbons (Fsp3) is 0.458. The molecule has 1 unspecified atom stereocenters. The van der Waals surface area contributed by atoms with Crippen molar-refractivity contribution in [3.8, 4) is 0 Å². The number of pyridine rings is 1. The lowest BCUT2D eigenvalue weighted by atomic mass is 9.96. The Morgan fingerprint density at radius 2 is 1.66 bits per heavy atom. The summed E-state index contributed by atoms with van der Waals surface area (Å²) in [5.74, 6) is 0. The van der Waals surface area contributed by atoms with Gasteiger partial charge in [-0.05, 0) is 50.0 Å². The predicted octanol–water partition coefficient (Wildman–Crippen LogP) is 6.71. The van der Waals surface area contributed by atoms with Gasteiger partial charge in [0.2, 0.25) is 0 Å². The average molecular weight is 435 g/mol. The summed E-state index contributed by atoms with van der Waals surface area (Å²) >= 11 is 6.59. The van der Waals surface area contributed by atoms with Crippen LogP contribution in [0.2, 0.25) is 5.02 Å². The monoisotopic (exact) mass is 434 g/mol. The molecule has 0 radical (unpaired) electrons. The van der Waals surface area contributed by atoms with Gasteiger partial charge in [0, 0.05) is 33.9 Å². The molecular formula is C24H32Cl2N2O. The summed E-state index contributed by atoms with van der Waals surface area (Å²) in [5.41, 5.74) is 2.88. The van der Waals surface area contributed by atoms with E-state index < -0.39 is 6.10 Å². The number of aliphatic hydroxyl groups excluding tert-OH is 1. The lowest BCUT2D eigenvalue weighted by molar-refractivity contribution is 0.111. The van der Waals surface area contributed by atoms with Crippen molar-refractivity contribution in [3.05, 3.63) is 52.7 Å². The normalized spacial score (nSPS) is 12.5. The van der Waals surface area contributed by atoms with Gasteiger partial charge in [0.1, 0.15) is 0 Å². The maximum atomic E-state index is 11.2. The van der Waals surface area contributed by atoms with E-state index >= 15 is 0 Å². The zero-order chi connectivity index (χ0) is 20.1. The first kappa shape index (κ1) is 23.9. The van der Waals surface area contributed by atoms with Gasteiger partial charge in [-0.3, -0.25) is 4.98 Å². The minimum atomic E-state index is -0.559. The van der Waals surface area contributed by atoms with E-state index in [9.17, 15) is 5.11 Å². The molecule has 1 heterocycles. The number of halogens is 2. The molecule has 0 saturated carbocycles. The molecule has 3 aromatic rings. The molecule has 2 aromatic carbocycles. The van der Waals surface area contributed by atoms with Crippen molar-refractivity contribution in [3.63, 3.8) is 0 Å². The van der Waals surface area contributed by atoms with E-state index in [0.717, 1.165) is 71.6 Å². The molecule has 0 aliphatic heterocycles. The number of aromatic nitrogens is 1. The van der Waals surface area contributed by atoms with Crippen molar-refractivity contribution in [2.45, 2.75) is 52.6 Å². The molecule has 1 aromatic heterocycles. The lowest BCUT2D eigenvalue weighted by Crippen LogP contribution is -2.31. The summed E-state index contributed by atoms with van der Waals surface area (Å²) in [6, 6.07) is 10.0. The fourth-order valence-electron chi connectivity index (χ4n) is 3.94. The Bertz CT molecular complexity index is 937. The Balaban J connectivity index is 0.00000300. The van der Waals surface area contributed by atoms with Crippen molar-refractivity contribution >= 4 is 45.7 Å². The molecule has 5 heteroatoms. The van der Waals surface area contributed by atoms with Crippen LogP contribution in [0.5, 0.6) is 0 Å². The SMILES string of the molecule is CCCCN(CCCC)CC(O)c1c(C)cnc2c1cc(Cl)c1ccccc12.Cl. The third-order valence-corrected chi connectivity index (χ3v) is 5.80. The molecule has 0 amide bonds. The lowest BCUT2D eigenvalue weighted by Gasteiger charge is -2.26. The number of aryl methyl sites for hydroxylation is 1. The Morgan fingerprint density at radius 3 is 2.28 bits per heavy atom. The van der Waals surface area contributed by atoms with Crippen LogP contribution in [0, 0.1) is 6.92 Å². The molecule has 0 aliphatic carbocycles. The Hall–Kier alpha value is -1.39. The van der Waals surface area contributed by atoms with Crippen LogP contribution in [0.4, 0.5) is 0 Å². The summed E-state index contributed by atoms with van der Waals surface area (Å²) in [4.78, 5) is 7.08. The number of benzene rings is 2. The third kappa shape index (κ3) is 5.40. The van der Waals surface area contributed by atoms with Gasteiger partial charge in [-0.1, -0.05) is 62.6 Å². The van der Waals surface area contributed by atoms with E-state index in [2.05, 4.69) is 29.8 Å². The summed E-state index contributed by atoms with van der Waals surface area (Å²) < 4.78 is 0. The summed E-state index contributed by atoms with van der Waals surface area (Å²) in [7, 11) is 0. The second-order valence-electron chi connectivity index (χ2n) is 7.68. The van der Waals surface area contributed by atoms with E-state index in [1.807, 2.05) is 37.4 Å². The van der Waals surface area contributed by atoms with Crippen molar-refractivity contribution in [2.24, 2.45) is 0 Å². The molecule has 1 N–H and O–H groups in total. The van der Waals surface area contributed by atoms with Crippen LogP contribution < -0.4 is 0 Å². The summed E-state index contributed by atoms with van der Waals surface area (Å²) in [5, 5.41) is 14.9. The Labute approximate surface area is 185 Å². The molecule has 158 valence electrons. The highest BCUT2D eigenvalue weighted by Gasteiger charge is 2.20. The van der Waals surface area contributed by atoms with E-state index in [-0.39, 0.29) is 12.4 Å². The zero-order valence-corrected chi connectivity index (χ0v) is 19.2. The molecular weight excluding hydrogens is 403 g/mol.